The Morgan fingerprint density at radius 3 is 3.24 bits per heavy atom. The normalized spacial score (nSPS) is 23.9. The molecule has 4 rings (SSSR count). The van der Waals surface area contributed by atoms with E-state index in [1.165, 1.54) is 48.0 Å². The first kappa shape index (κ1) is 9.72. The minimum atomic E-state index is 0.802. The molecule has 0 unspecified atom stereocenters. The second-order valence-corrected chi connectivity index (χ2v) is 5.60. The van der Waals surface area contributed by atoms with Crippen molar-refractivity contribution >= 4 is 10.9 Å². The molecule has 0 spiro atoms. The number of H-pyrrole nitrogens is 1. The Labute approximate surface area is 102 Å². The van der Waals surface area contributed by atoms with Gasteiger partial charge in [0.05, 0.1) is 0 Å². The number of aromatic amines is 1. The van der Waals surface area contributed by atoms with Gasteiger partial charge >= 0.3 is 0 Å². The van der Waals surface area contributed by atoms with E-state index in [1.807, 2.05) is 0 Å². The second-order valence-electron chi connectivity index (χ2n) is 5.60. The quantitative estimate of drug-likeness (QED) is 0.731. The van der Waals surface area contributed by atoms with E-state index in [0.29, 0.717) is 0 Å². The highest BCUT2D eigenvalue weighted by Gasteiger charge is 2.31. The van der Waals surface area contributed by atoms with Crippen LogP contribution in [0.5, 0.6) is 0 Å². The maximum Gasteiger partial charge on any atom is 0.0459 e. The van der Waals surface area contributed by atoms with Crippen LogP contribution in [0, 0.1) is 6.92 Å². The molecule has 88 valence electrons. The number of benzene rings is 1. The third-order valence-electron chi connectivity index (χ3n) is 4.45. The van der Waals surface area contributed by atoms with E-state index in [2.05, 4.69) is 35.0 Å². The van der Waals surface area contributed by atoms with Gasteiger partial charge in [-0.1, -0.05) is 11.6 Å². The summed E-state index contributed by atoms with van der Waals surface area (Å²) in [7, 11) is 0. The summed E-state index contributed by atoms with van der Waals surface area (Å²) in [5, 5.41) is 1.45. The maximum atomic E-state index is 3.63. The van der Waals surface area contributed by atoms with Gasteiger partial charge in [0.15, 0.2) is 0 Å². The van der Waals surface area contributed by atoms with Gasteiger partial charge in [-0.2, -0.15) is 0 Å². The number of aromatic nitrogens is 1. The minimum Gasteiger partial charge on any atom is -0.358 e. The van der Waals surface area contributed by atoms with E-state index in [0.717, 1.165) is 12.6 Å². The molecular formula is C15H18N2. The molecule has 0 aliphatic carbocycles. The standard InChI is InChI=1S/C15H18N2/c1-10-4-5-14-12(7-10)13-9-17-6-2-3-11(17)8-15(13)16-14/h4-5,7,11,16H,2-3,6,8-9H2,1H3/t11-/m1/s1. The number of hydrogen-bond acceptors (Lipinski definition) is 1. The fourth-order valence-electron chi connectivity index (χ4n) is 3.55. The molecule has 2 aromatic rings. The number of aryl methyl sites for hydroxylation is 1. The molecule has 1 atom stereocenters. The SMILES string of the molecule is Cc1ccc2[nH]c3c(c2c1)CN1CCC[C@@H]1C3. The molecule has 0 amide bonds. The summed E-state index contributed by atoms with van der Waals surface area (Å²) in [6.07, 6.45) is 3.99. The summed E-state index contributed by atoms with van der Waals surface area (Å²) < 4.78 is 0. The lowest BCUT2D eigenvalue weighted by atomic mass is 9.98. The van der Waals surface area contributed by atoms with Crippen molar-refractivity contribution in [2.45, 2.75) is 38.8 Å². The number of fused-ring (bicyclic) bond motifs is 4. The van der Waals surface area contributed by atoms with Crippen LogP contribution in [0.2, 0.25) is 0 Å². The average Bonchev–Trinajstić information content (AvgIpc) is 2.89. The highest BCUT2D eigenvalue weighted by Crippen LogP contribution is 2.34. The first-order valence-corrected chi connectivity index (χ1v) is 6.65. The van der Waals surface area contributed by atoms with Gasteiger partial charge in [0.1, 0.15) is 0 Å². The van der Waals surface area contributed by atoms with Crippen LogP contribution < -0.4 is 0 Å². The minimum absolute atomic E-state index is 0.802. The second kappa shape index (κ2) is 3.36. The van der Waals surface area contributed by atoms with Gasteiger partial charge in [0.2, 0.25) is 0 Å². The summed E-state index contributed by atoms with van der Waals surface area (Å²) in [4.78, 5) is 6.29. The maximum absolute atomic E-state index is 3.63. The Hall–Kier alpha value is -1.28. The molecule has 2 nitrogen and oxygen atoms in total. The monoisotopic (exact) mass is 226 g/mol. The van der Waals surface area contributed by atoms with Crippen LogP contribution in [0.1, 0.15) is 29.7 Å². The van der Waals surface area contributed by atoms with E-state index < -0.39 is 0 Å². The van der Waals surface area contributed by atoms with E-state index in [-0.39, 0.29) is 0 Å². The lowest BCUT2D eigenvalue weighted by Crippen LogP contribution is -2.34. The molecule has 1 aromatic carbocycles. The number of rotatable bonds is 0. The molecule has 3 heterocycles. The Morgan fingerprint density at radius 1 is 1.35 bits per heavy atom. The van der Waals surface area contributed by atoms with Gasteiger partial charge < -0.3 is 4.98 Å². The van der Waals surface area contributed by atoms with Crippen molar-refractivity contribution in [3.63, 3.8) is 0 Å². The van der Waals surface area contributed by atoms with Crippen LogP contribution in [0.25, 0.3) is 10.9 Å². The Bertz CT molecular complexity index is 582. The lowest BCUT2D eigenvalue weighted by molar-refractivity contribution is 0.227. The van der Waals surface area contributed by atoms with Crippen molar-refractivity contribution in [3.05, 3.63) is 35.0 Å². The van der Waals surface area contributed by atoms with Crippen molar-refractivity contribution in [1.29, 1.82) is 0 Å². The molecule has 0 radical (unpaired) electrons. The summed E-state index contributed by atoms with van der Waals surface area (Å²) in [6, 6.07) is 7.57. The first-order valence-electron chi connectivity index (χ1n) is 6.65. The predicted molar refractivity (Wildman–Crippen MR) is 70.2 cm³/mol. The number of nitrogens with one attached hydrogen (secondary N) is 1. The summed E-state index contributed by atoms with van der Waals surface area (Å²) in [6.45, 7) is 4.63. The average molecular weight is 226 g/mol. The summed E-state index contributed by atoms with van der Waals surface area (Å²) >= 11 is 0. The van der Waals surface area contributed by atoms with Crippen molar-refractivity contribution < 1.29 is 0 Å². The van der Waals surface area contributed by atoms with Gasteiger partial charge in [-0.05, 0) is 44.0 Å². The summed E-state index contributed by atoms with van der Waals surface area (Å²) in [5.74, 6) is 0. The summed E-state index contributed by atoms with van der Waals surface area (Å²) in [5.41, 5.74) is 5.74. The molecule has 17 heavy (non-hydrogen) atoms. The van der Waals surface area contributed by atoms with Gasteiger partial charge in [0.25, 0.3) is 0 Å². The molecule has 0 saturated carbocycles. The number of hydrogen-bond donors (Lipinski definition) is 1. The molecule has 2 aliphatic rings. The van der Waals surface area contributed by atoms with Gasteiger partial charge in [-0.15, -0.1) is 0 Å². The van der Waals surface area contributed by atoms with Crippen LogP contribution in [0.4, 0.5) is 0 Å². The first-order chi connectivity index (χ1) is 8.31. The van der Waals surface area contributed by atoms with Crippen LogP contribution in [-0.2, 0) is 13.0 Å². The molecular weight excluding hydrogens is 208 g/mol. The zero-order valence-corrected chi connectivity index (χ0v) is 10.3. The molecule has 1 aromatic heterocycles. The Balaban J connectivity index is 1.89. The molecule has 2 aliphatic heterocycles. The number of nitrogens with zero attached hydrogens (tertiary/aromatic N) is 1. The van der Waals surface area contributed by atoms with E-state index in [1.54, 1.807) is 5.56 Å². The zero-order chi connectivity index (χ0) is 11.4. The van der Waals surface area contributed by atoms with Gasteiger partial charge in [-0.25, -0.2) is 0 Å². The van der Waals surface area contributed by atoms with Crippen LogP contribution in [0.3, 0.4) is 0 Å². The fraction of sp³-hybridized carbons (Fsp3) is 0.467. The molecule has 2 heteroatoms. The van der Waals surface area contributed by atoms with Crippen LogP contribution in [0.15, 0.2) is 18.2 Å². The molecule has 0 bridgehead atoms. The molecule has 1 saturated heterocycles. The molecule has 1 N–H and O–H groups in total. The van der Waals surface area contributed by atoms with Crippen molar-refractivity contribution in [3.8, 4) is 0 Å². The Morgan fingerprint density at radius 2 is 2.29 bits per heavy atom. The van der Waals surface area contributed by atoms with E-state index in [9.17, 15) is 0 Å². The van der Waals surface area contributed by atoms with Crippen LogP contribution >= 0.6 is 0 Å². The van der Waals surface area contributed by atoms with Crippen molar-refractivity contribution in [2.24, 2.45) is 0 Å². The highest BCUT2D eigenvalue weighted by molar-refractivity contribution is 5.85. The largest absolute Gasteiger partial charge is 0.358 e. The third-order valence-corrected chi connectivity index (χ3v) is 4.45. The topological polar surface area (TPSA) is 19.0 Å². The smallest absolute Gasteiger partial charge is 0.0459 e. The van der Waals surface area contributed by atoms with Gasteiger partial charge in [0, 0.05) is 35.6 Å². The van der Waals surface area contributed by atoms with E-state index in [4.69, 9.17) is 0 Å². The predicted octanol–water partition coefficient (Wildman–Crippen LogP) is 3.00. The van der Waals surface area contributed by atoms with Crippen molar-refractivity contribution in [2.75, 3.05) is 6.54 Å². The lowest BCUT2D eigenvalue weighted by Gasteiger charge is -2.29. The zero-order valence-electron chi connectivity index (χ0n) is 10.3. The molecule has 1 fully saturated rings. The van der Waals surface area contributed by atoms with E-state index >= 15 is 0 Å². The van der Waals surface area contributed by atoms with Gasteiger partial charge in [-0.3, -0.25) is 4.90 Å². The fourth-order valence-corrected chi connectivity index (χ4v) is 3.55. The third kappa shape index (κ3) is 1.37. The van der Waals surface area contributed by atoms with Crippen molar-refractivity contribution in [1.82, 2.24) is 9.88 Å². The van der Waals surface area contributed by atoms with Crippen LogP contribution in [-0.4, -0.2) is 22.5 Å². The Kier molecular flexibility index (Phi) is 1.92. The highest BCUT2D eigenvalue weighted by atomic mass is 15.2.